The van der Waals surface area contributed by atoms with E-state index in [0.29, 0.717) is 31.5 Å². The van der Waals surface area contributed by atoms with Crippen molar-refractivity contribution in [2.75, 3.05) is 39.4 Å². The predicted molar refractivity (Wildman–Crippen MR) is 165 cm³/mol. The molecule has 0 unspecified atom stereocenters. The average Bonchev–Trinajstić information content (AvgIpc) is 3.38. The number of rotatable bonds is 11. The first-order valence-electron chi connectivity index (χ1n) is 15.2. The zero-order chi connectivity index (χ0) is 32.0. The van der Waals surface area contributed by atoms with Crippen molar-refractivity contribution >= 4 is 6.09 Å². The van der Waals surface area contributed by atoms with Crippen LogP contribution in [0.2, 0.25) is 0 Å². The van der Waals surface area contributed by atoms with E-state index in [9.17, 15) is 18.0 Å². The van der Waals surface area contributed by atoms with Crippen LogP contribution in [0.3, 0.4) is 0 Å². The van der Waals surface area contributed by atoms with E-state index < -0.39 is 41.9 Å². The van der Waals surface area contributed by atoms with Gasteiger partial charge in [-0.05, 0) is 49.4 Å². The van der Waals surface area contributed by atoms with Gasteiger partial charge in [0.25, 0.3) is 0 Å². The van der Waals surface area contributed by atoms with Gasteiger partial charge in [0.05, 0.1) is 11.7 Å². The number of alkyl halides is 1. The molecule has 0 radical (unpaired) electrons. The van der Waals surface area contributed by atoms with Crippen LogP contribution in [-0.4, -0.2) is 82.0 Å². The van der Waals surface area contributed by atoms with E-state index >= 15 is 0 Å². The van der Waals surface area contributed by atoms with Crippen molar-refractivity contribution in [1.29, 1.82) is 0 Å². The maximum absolute atomic E-state index is 15.0. The van der Waals surface area contributed by atoms with Crippen LogP contribution in [0, 0.1) is 17.0 Å². The van der Waals surface area contributed by atoms with Gasteiger partial charge in [-0.3, -0.25) is 9.80 Å². The summed E-state index contributed by atoms with van der Waals surface area (Å²) in [5.41, 5.74) is 6.58. The Hall–Kier alpha value is -3.41. The number of nitrogens with two attached hydrogens (primary N) is 1. The highest BCUT2D eigenvalue weighted by molar-refractivity contribution is 5.68. The molecule has 1 saturated heterocycles. The maximum atomic E-state index is 15.0. The Morgan fingerprint density at radius 2 is 1.75 bits per heavy atom. The molecule has 11 heteroatoms. The third-order valence-corrected chi connectivity index (χ3v) is 7.97. The minimum absolute atomic E-state index is 0.0160. The Labute approximate surface area is 258 Å². The third-order valence-electron chi connectivity index (χ3n) is 7.97. The maximum Gasteiger partial charge on any atom is 0.429 e. The van der Waals surface area contributed by atoms with Gasteiger partial charge in [0, 0.05) is 63.1 Å². The molecular formula is C33H45F3N6O2. The second kappa shape index (κ2) is 14.6. The molecule has 0 saturated carbocycles. The molecule has 1 aliphatic rings. The Morgan fingerprint density at radius 3 is 2.36 bits per heavy atom. The fourth-order valence-corrected chi connectivity index (χ4v) is 5.55. The van der Waals surface area contributed by atoms with E-state index in [1.807, 2.05) is 55.7 Å². The molecule has 0 bridgehead atoms. The first-order valence-corrected chi connectivity index (χ1v) is 15.2. The summed E-state index contributed by atoms with van der Waals surface area (Å²) in [5, 5.41) is 1.66. The number of nitrogens with zero attached hydrogens (tertiary/aromatic N) is 5. The summed E-state index contributed by atoms with van der Waals surface area (Å²) in [6.45, 7) is 12.5. The number of imidazole rings is 1. The van der Waals surface area contributed by atoms with Gasteiger partial charge in [0.1, 0.15) is 24.1 Å². The fraction of sp³-hybridized carbons (Fsp3) is 0.515. The molecule has 240 valence electrons. The molecule has 2 N–H and O–H groups in total. The van der Waals surface area contributed by atoms with Crippen LogP contribution in [0.15, 0.2) is 54.7 Å². The van der Waals surface area contributed by atoms with E-state index in [1.165, 1.54) is 0 Å². The number of carbonyl (C=O) groups is 1. The molecule has 4 rings (SSSR count). The standard InChI is InChI=1S/C33H45F3N6O2/c1-23(2)39-15-17-41(18-16-39)44-32(43)42(14-13-26(37)20-34)30(33(3,4)5)31-38-29(27-19-25(35)11-12-28(27)36)22-40(31)21-24-9-7-6-8-10-24/h6-12,19,22-23,26,30H,13-18,20-21,37H2,1-5H3/t26-,30-/m0/s1. The Morgan fingerprint density at radius 1 is 1.07 bits per heavy atom. The lowest BCUT2D eigenvalue weighted by Crippen LogP contribution is -2.52. The summed E-state index contributed by atoms with van der Waals surface area (Å²) in [6.07, 6.45) is 1.28. The quantitative estimate of drug-likeness (QED) is 0.284. The lowest BCUT2D eigenvalue weighted by Gasteiger charge is -2.41. The van der Waals surface area contributed by atoms with E-state index in [1.54, 1.807) is 16.2 Å². The summed E-state index contributed by atoms with van der Waals surface area (Å²) < 4.78 is 44.6. The highest BCUT2D eigenvalue weighted by atomic mass is 19.1. The third kappa shape index (κ3) is 8.40. The SMILES string of the molecule is CC(C)N1CCN(OC(=O)N(CC[C@H](N)CF)[C@@H](c2nc(-c3cc(F)ccc3F)cn2Cc2ccccc2)C(C)(C)C)CC1. The number of hydroxylamine groups is 2. The van der Waals surface area contributed by atoms with Gasteiger partial charge in [-0.1, -0.05) is 51.1 Å². The van der Waals surface area contributed by atoms with Crippen molar-refractivity contribution < 1.29 is 22.8 Å². The van der Waals surface area contributed by atoms with Crippen molar-refractivity contribution in [2.24, 2.45) is 11.1 Å². The highest BCUT2D eigenvalue weighted by Gasteiger charge is 2.40. The van der Waals surface area contributed by atoms with Gasteiger partial charge in [0.15, 0.2) is 0 Å². The summed E-state index contributed by atoms with van der Waals surface area (Å²) in [6, 6.07) is 11.9. The van der Waals surface area contributed by atoms with Crippen LogP contribution in [0.1, 0.15) is 58.5 Å². The first kappa shape index (κ1) is 33.5. The van der Waals surface area contributed by atoms with Crippen LogP contribution < -0.4 is 5.73 Å². The van der Waals surface area contributed by atoms with E-state index in [-0.39, 0.29) is 24.2 Å². The first-order chi connectivity index (χ1) is 20.9. The summed E-state index contributed by atoms with van der Waals surface area (Å²) in [5.74, 6) is -0.730. The van der Waals surface area contributed by atoms with Crippen molar-refractivity contribution in [1.82, 2.24) is 24.4 Å². The second-order valence-corrected chi connectivity index (χ2v) is 12.8. The molecule has 2 heterocycles. The van der Waals surface area contributed by atoms with Crippen molar-refractivity contribution in [2.45, 2.75) is 65.7 Å². The smallest absolute Gasteiger partial charge is 0.351 e. The van der Waals surface area contributed by atoms with E-state index in [4.69, 9.17) is 15.6 Å². The van der Waals surface area contributed by atoms with Gasteiger partial charge >= 0.3 is 6.09 Å². The summed E-state index contributed by atoms with van der Waals surface area (Å²) >= 11 is 0. The number of carbonyl (C=O) groups excluding carboxylic acids is 1. The van der Waals surface area contributed by atoms with Crippen molar-refractivity contribution in [3.63, 3.8) is 0 Å². The van der Waals surface area contributed by atoms with E-state index in [0.717, 1.165) is 36.9 Å². The van der Waals surface area contributed by atoms with Crippen LogP contribution in [-0.2, 0) is 11.4 Å². The van der Waals surface area contributed by atoms with Crippen LogP contribution in [0.4, 0.5) is 18.0 Å². The van der Waals surface area contributed by atoms with Gasteiger partial charge in [0.2, 0.25) is 0 Å². The number of aromatic nitrogens is 2. The molecule has 1 aliphatic heterocycles. The van der Waals surface area contributed by atoms with Crippen LogP contribution >= 0.6 is 0 Å². The molecule has 1 amide bonds. The minimum atomic E-state index is -0.762. The molecule has 1 fully saturated rings. The van der Waals surface area contributed by atoms with E-state index in [2.05, 4.69) is 18.7 Å². The summed E-state index contributed by atoms with van der Waals surface area (Å²) in [4.78, 5) is 28.7. The number of hydrogen-bond acceptors (Lipinski definition) is 6. The summed E-state index contributed by atoms with van der Waals surface area (Å²) in [7, 11) is 0. The normalized spacial score (nSPS) is 16.2. The second-order valence-electron chi connectivity index (χ2n) is 12.8. The molecular weight excluding hydrogens is 569 g/mol. The van der Waals surface area contributed by atoms with Crippen LogP contribution in [0.25, 0.3) is 11.3 Å². The molecule has 0 spiro atoms. The molecule has 0 aliphatic carbocycles. The Balaban J connectivity index is 1.77. The fourth-order valence-electron chi connectivity index (χ4n) is 5.55. The lowest BCUT2D eigenvalue weighted by molar-refractivity contribution is -0.141. The molecule has 3 aromatic rings. The molecule has 2 aromatic carbocycles. The Kier molecular flexibility index (Phi) is 11.1. The predicted octanol–water partition coefficient (Wildman–Crippen LogP) is 6.03. The highest BCUT2D eigenvalue weighted by Crippen LogP contribution is 2.40. The number of piperazine rings is 1. The zero-order valence-corrected chi connectivity index (χ0v) is 26.3. The van der Waals surface area contributed by atoms with Gasteiger partial charge in [-0.2, -0.15) is 0 Å². The molecule has 2 atom stereocenters. The minimum Gasteiger partial charge on any atom is -0.351 e. The number of halogens is 3. The number of benzene rings is 2. The monoisotopic (exact) mass is 614 g/mol. The average molecular weight is 615 g/mol. The van der Waals surface area contributed by atoms with Crippen molar-refractivity contribution in [3.8, 4) is 11.3 Å². The van der Waals surface area contributed by atoms with Gasteiger partial charge in [-0.25, -0.2) is 22.9 Å². The number of hydrogen-bond donors (Lipinski definition) is 1. The number of amides is 1. The van der Waals surface area contributed by atoms with Gasteiger partial charge < -0.3 is 15.1 Å². The lowest BCUT2D eigenvalue weighted by atomic mass is 9.84. The zero-order valence-electron chi connectivity index (χ0n) is 26.3. The molecule has 44 heavy (non-hydrogen) atoms. The largest absolute Gasteiger partial charge is 0.429 e. The molecule has 1 aromatic heterocycles. The Bertz CT molecular complexity index is 1370. The van der Waals surface area contributed by atoms with Gasteiger partial charge in [-0.15, -0.1) is 5.06 Å². The molecule has 8 nitrogen and oxygen atoms in total. The van der Waals surface area contributed by atoms with Crippen molar-refractivity contribution in [3.05, 3.63) is 77.8 Å². The topological polar surface area (TPSA) is 79.9 Å². The van der Waals surface area contributed by atoms with Crippen LogP contribution in [0.5, 0.6) is 0 Å².